The van der Waals surface area contributed by atoms with Gasteiger partial charge in [-0.1, -0.05) is 30.3 Å². The van der Waals surface area contributed by atoms with Crippen LogP contribution in [0, 0.1) is 11.3 Å². The van der Waals surface area contributed by atoms with Crippen molar-refractivity contribution in [3.63, 3.8) is 0 Å². The molecule has 0 saturated carbocycles. The number of nitriles is 1. The number of ether oxygens (including phenoxy) is 4. The summed E-state index contributed by atoms with van der Waals surface area (Å²) in [6.45, 7) is 0.201. The van der Waals surface area contributed by atoms with E-state index in [4.69, 9.17) is 18.9 Å². The summed E-state index contributed by atoms with van der Waals surface area (Å²) in [5.74, 6) is 0.782. The van der Waals surface area contributed by atoms with Gasteiger partial charge in [-0.25, -0.2) is 4.79 Å². The molecule has 0 amide bonds. The third kappa shape index (κ3) is 3.72. The number of fused-ring (bicyclic) bond motifs is 1. The summed E-state index contributed by atoms with van der Waals surface area (Å²) >= 11 is 0. The standard InChI is InChI=1S/C19H15NO5/c1-22-16-8-14(9-17-18(16)25-12-24-17)7-15(10-20)19(21)23-11-13-5-3-2-4-6-13/h2-9H,11-12H2,1H3. The van der Waals surface area contributed by atoms with Crippen molar-refractivity contribution in [1.29, 1.82) is 5.26 Å². The number of carbonyl (C=O) groups excluding carboxylic acids is 1. The quantitative estimate of drug-likeness (QED) is 0.474. The van der Waals surface area contributed by atoms with Gasteiger partial charge in [-0.05, 0) is 29.3 Å². The van der Waals surface area contributed by atoms with Crippen LogP contribution in [-0.2, 0) is 16.1 Å². The number of esters is 1. The topological polar surface area (TPSA) is 77.8 Å². The van der Waals surface area contributed by atoms with E-state index in [-0.39, 0.29) is 19.0 Å². The number of rotatable bonds is 5. The van der Waals surface area contributed by atoms with Crippen molar-refractivity contribution in [3.05, 3.63) is 59.2 Å². The van der Waals surface area contributed by atoms with Crippen LogP contribution in [0.15, 0.2) is 48.0 Å². The van der Waals surface area contributed by atoms with Crippen LogP contribution in [0.5, 0.6) is 17.2 Å². The highest BCUT2D eigenvalue weighted by atomic mass is 16.7. The lowest BCUT2D eigenvalue weighted by Gasteiger charge is -2.07. The Hall–Kier alpha value is -3.46. The lowest BCUT2D eigenvalue weighted by molar-refractivity contribution is -0.139. The smallest absolute Gasteiger partial charge is 0.349 e. The molecular formula is C19H15NO5. The molecular weight excluding hydrogens is 322 g/mol. The molecule has 0 atom stereocenters. The summed E-state index contributed by atoms with van der Waals surface area (Å²) in [7, 11) is 1.50. The first-order chi connectivity index (χ1) is 12.2. The van der Waals surface area contributed by atoms with Crippen molar-refractivity contribution in [2.24, 2.45) is 0 Å². The maximum Gasteiger partial charge on any atom is 0.349 e. The summed E-state index contributed by atoms with van der Waals surface area (Å²) in [4.78, 5) is 12.1. The van der Waals surface area contributed by atoms with Crippen LogP contribution in [0.2, 0.25) is 0 Å². The summed E-state index contributed by atoms with van der Waals surface area (Å²) in [5, 5.41) is 9.27. The van der Waals surface area contributed by atoms with E-state index in [1.807, 2.05) is 36.4 Å². The molecule has 2 aromatic rings. The van der Waals surface area contributed by atoms with Gasteiger partial charge in [0.1, 0.15) is 18.2 Å². The zero-order chi connectivity index (χ0) is 17.6. The van der Waals surface area contributed by atoms with Crippen molar-refractivity contribution in [2.75, 3.05) is 13.9 Å². The fourth-order valence-electron chi connectivity index (χ4n) is 2.34. The summed E-state index contributed by atoms with van der Waals surface area (Å²) < 4.78 is 21.1. The molecule has 0 aliphatic carbocycles. The molecule has 0 bridgehead atoms. The van der Waals surface area contributed by atoms with E-state index in [0.717, 1.165) is 5.56 Å². The minimum atomic E-state index is -0.692. The lowest BCUT2D eigenvalue weighted by Crippen LogP contribution is -2.06. The Balaban J connectivity index is 1.78. The van der Waals surface area contributed by atoms with Gasteiger partial charge >= 0.3 is 5.97 Å². The predicted octanol–water partition coefficient (Wildman–Crippen LogP) is 3.07. The molecule has 2 aromatic carbocycles. The highest BCUT2D eigenvalue weighted by Crippen LogP contribution is 2.42. The van der Waals surface area contributed by atoms with Crippen LogP contribution in [-0.4, -0.2) is 19.9 Å². The average molecular weight is 337 g/mol. The summed E-state index contributed by atoms with van der Waals surface area (Å²) in [6.07, 6.45) is 1.43. The second-order valence-corrected chi connectivity index (χ2v) is 5.19. The largest absolute Gasteiger partial charge is 0.493 e. The van der Waals surface area contributed by atoms with E-state index in [2.05, 4.69) is 0 Å². The molecule has 0 unspecified atom stereocenters. The van der Waals surface area contributed by atoms with Crippen molar-refractivity contribution in [1.82, 2.24) is 0 Å². The van der Waals surface area contributed by atoms with Crippen LogP contribution in [0.4, 0.5) is 0 Å². The molecule has 6 nitrogen and oxygen atoms in total. The molecule has 126 valence electrons. The van der Waals surface area contributed by atoms with Crippen molar-refractivity contribution < 1.29 is 23.7 Å². The Morgan fingerprint density at radius 2 is 2.08 bits per heavy atom. The number of benzene rings is 2. The molecule has 0 saturated heterocycles. The van der Waals surface area contributed by atoms with E-state index in [9.17, 15) is 10.1 Å². The third-order valence-electron chi connectivity index (χ3n) is 3.54. The first kappa shape index (κ1) is 16.4. The van der Waals surface area contributed by atoms with E-state index < -0.39 is 5.97 Å². The van der Waals surface area contributed by atoms with Gasteiger partial charge in [0.25, 0.3) is 0 Å². The molecule has 0 radical (unpaired) electrons. The van der Waals surface area contributed by atoms with Gasteiger partial charge < -0.3 is 18.9 Å². The van der Waals surface area contributed by atoms with Gasteiger partial charge in [-0.3, -0.25) is 0 Å². The fraction of sp³-hybridized carbons (Fsp3) is 0.158. The number of hydrogen-bond acceptors (Lipinski definition) is 6. The van der Waals surface area contributed by atoms with Gasteiger partial charge in [-0.15, -0.1) is 0 Å². The maximum absolute atomic E-state index is 12.1. The molecule has 25 heavy (non-hydrogen) atoms. The molecule has 0 N–H and O–H groups in total. The van der Waals surface area contributed by atoms with Crippen LogP contribution < -0.4 is 14.2 Å². The molecule has 0 spiro atoms. The SMILES string of the molecule is COc1cc(C=C(C#N)C(=O)OCc2ccccc2)cc2c1OCO2. The Bertz CT molecular complexity index is 852. The van der Waals surface area contributed by atoms with Gasteiger partial charge in [0, 0.05) is 0 Å². The Labute approximate surface area is 144 Å². The molecule has 1 aliphatic rings. The Morgan fingerprint density at radius 1 is 1.28 bits per heavy atom. The molecule has 1 heterocycles. The average Bonchev–Trinajstić information content (AvgIpc) is 3.13. The normalized spacial score (nSPS) is 12.4. The molecule has 0 aromatic heterocycles. The maximum atomic E-state index is 12.1. The lowest BCUT2D eigenvalue weighted by atomic mass is 10.1. The number of nitrogens with zero attached hydrogens (tertiary/aromatic N) is 1. The molecule has 3 rings (SSSR count). The fourth-order valence-corrected chi connectivity index (χ4v) is 2.34. The Morgan fingerprint density at radius 3 is 2.80 bits per heavy atom. The first-order valence-electron chi connectivity index (χ1n) is 7.51. The monoisotopic (exact) mass is 337 g/mol. The predicted molar refractivity (Wildman–Crippen MR) is 88.9 cm³/mol. The van der Waals surface area contributed by atoms with E-state index in [1.54, 1.807) is 12.1 Å². The number of methoxy groups -OCH3 is 1. The van der Waals surface area contributed by atoms with Gasteiger partial charge in [0.2, 0.25) is 12.5 Å². The molecule has 1 aliphatic heterocycles. The number of carbonyl (C=O) groups is 1. The second-order valence-electron chi connectivity index (χ2n) is 5.19. The van der Waals surface area contributed by atoms with Crippen LogP contribution >= 0.6 is 0 Å². The Kier molecular flexibility index (Phi) is 4.86. The molecule has 6 heteroatoms. The van der Waals surface area contributed by atoms with Crippen molar-refractivity contribution in [3.8, 4) is 23.3 Å². The van der Waals surface area contributed by atoms with Crippen LogP contribution in [0.25, 0.3) is 6.08 Å². The number of hydrogen-bond donors (Lipinski definition) is 0. The minimum Gasteiger partial charge on any atom is -0.493 e. The first-order valence-corrected chi connectivity index (χ1v) is 7.51. The zero-order valence-electron chi connectivity index (χ0n) is 13.5. The van der Waals surface area contributed by atoms with Gasteiger partial charge in [-0.2, -0.15) is 5.26 Å². The van der Waals surface area contributed by atoms with Gasteiger partial charge in [0.05, 0.1) is 7.11 Å². The van der Waals surface area contributed by atoms with E-state index in [1.165, 1.54) is 13.2 Å². The van der Waals surface area contributed by atoms with Crippen molar-refractivity contribution in [2.45, 2.75) is 6.61 Å². The third-order valence-corrected chi connectivity index (χ3v) is 3.54. The van der Waals surface area contributed by atoms with E-state index >= 15 is 0 Å². The van der Waals surface area contributed by atoms with E-state index in [0.29, 0.717) is 22.8 Å². The highest BCUT2D eigenvalue weighted by molar-refractivity contribution is 5.98. The molecule has 0 fully saturated rings. The van der Waals surface area contributed by atoms with Crippen LogP contribution in [0.3, 0.4) is 0 Å². The summed E-state index contributed by atoms with van der Waals surface area (Å²) in [6, 6.07) is 14.5. The van der Waals surface area contributed by atoms with Crippen molar-refractivity contribution >= 4 is 12.0 Å². The second kappa shape index (κ2) is 7.41. The van der Waals surface area contributed by atoms with Crippen LogP contribution in [0.1, 0.15) is 11.1 Å². The minimum absolute atomic E-state index is 0.100. The zero-order valence-corrected chi connectivity index (χ0v) is 13.5. The van der Waals surface area contributed by atoms with Gasteiger partial charge in [0.15, 0.2) is 11.5 Å². The highest BCUT2D eigenvalue weighted by Gasteiger charge is 2.20. The summed E-state index contributed by atoms with van der Waals surface area (Å²) in [5.41, 5.74) is 1.31.